The molecule has 0 heterocycles. The van der Waals surface area contributed by atoms with Crippen LogP contribution in [-0.4, -0.2) is 19.0 Å². The first-order valence-electron chi connectivity index (χ1n) is 3.39. The van der Waals surface area contributed by atoms with Crippen molar-refractivity contribution in [1.82, 2.24) is 0 Å². The standard InChI is InChI=1S/C8H10F3NO/c1-6(2)4-12-7(3)13-5-8(9,10)11/h4H,1,3,5H2,2H3/b12-4-. The van der Waals surface area contributed by atoms with E-state index in [2.05, 4.69) is 22.9 Å². The third-order valence-corrected chi connectivity index (χ3v) is 0.831. The van der Waals surface area contributed by atoms with Crippen LogP contribution in [0.3, 0.4) is 0 Å². The van der Waals surface area contributed by atoms with Crippen LogP contribution in [-0.2, 0) is 4.74 Å². The molecule has 0 atom stereocenters. The highest BCUT2D eigenvalue weighted by atomic mass is 19.4. The number of allylic oxidation sites excluding steroid dienone is 1. The number of alkyl halides is 3. The van der Waals surface area contributed by atoms with Crippen molar-refractivity contribution in [1.29, 1.82) is 0 Å². The summed E-state index contributed by atoms with van der Waals surface area (Å²) in [5, 5.41) is 0. The van der Waals surface area contributed by atoms with Gasteiger partial charge in [0.2, 0.25) is 5.88 Å². The summed E-state index contributed by atoms with van der Waals surface area (Å²) in [6, 6.07) is 0. The molecule has 0 aliphatic heterocycles. The molecule has 0 aliphatic carbocycles. The van der Waals surface area contributed by atoms with Gasteiger partial charge in [-0.05, 0) is 19.1 Å². The van der Waals surface area contributed by atoms with Gasteiger partial charge in [0.05, 0.1) is 0 Å². The molecule has 0 unspecified atom stereocenters. The van der Waals surface area contributed by atoms with Crippen molar-refractivity contribution in [3.8, 4) is 0 Å². The zero-order valence-electron chi connectivity index (χ0n) is 7.19. The first-order chi connectivity index (χ1) is 5.81. The summed E-state index contributed by atoms with van der Waals surface area (Å²) in [5.74, 6) is -0.277. The summed E-state index contributed by atoms with van der Waals surface area (Å²) in [6.45, 7) is 6.91. The summed E-state index contributed by atoms with van der Waals surface area (Å²) in [5.41, 5.74) is 0.608. The van der Waals surface area contributed by atoms with E-state index in [0.29, 0.717) is 5.57 Å². The molecule has 0 saturated carbocycles. The van der Waals surface area contributed by atoms with Crippen LogP contribution in [0, 0.1) is 0 Å². The zero-order chi connectivity index (χ0) is 10.5. The maximum atomic E-state index is 11.6. The van der Waals surface area contributed by atoms with Crippen molar-refractivity contribution in [2.24, 2.45) is 4.99 Å². The Morgan fingerprint density at radius 2 is 2.00 bits per heavy atom. The van der Waals surface area contributed by atoms with Crippen LogP contribution in [0.1, 0.15) is 6.92 Å². The molecule has 0 fully saturated rings. The number of rotatable bonds is 4. The third-order valence-electron chi connectivity index (χ3n) is 0.831. The molecule has 74 valence electrons. The van der Waals surface area contributed by atoms with Crippen LogP contribution < -0.4 is 0 Å². The van der Waals surface area contributed by atoms with Gasteiger partial charge >= 0.3 is 6.18 Å². The monoisotopic (exact) mass is 193 g/mol. The number of ether oxygens (including phenoxy) is 1. The smallest absolute Gasteiger partial charge is 0.422 e. The van der Waals surface area contributed by atoms with Gasteiger partial charge in [-0.25, -0.2) is 4.99 Å². The second-order valence-corrected chi connectivity index (χ2v) is 2.40. The molecule has 0 aromatic rings. The van der Waals surface area contributed by atoms with E-state index >= 15 is 0 Å². The number of hydrogen-bond acceptors (Lipinski definition) is 2. The van der Waals surface area contributed by atoms with Gasteiger partial charge < -0.3 is 4.74 Å². The molecule has 0 radical (unpaired) electrons. The maximum Gasteiger partial charge on any atom is 0.422 e. The molecule has 0 amide bonds. The van der Waals surface area contributed by atoms with E-state index in [1.54, 1.807) is 6.92 Å². The molecule has 0 aliphatic rings. The predicted octanol–water partition coefficient (Wildman–Crippen LogP) is 2.68. The van der Waals surface area contributed by atoms with Crippen LogP contribution in [0.25, 0.3) is 0 Å². The lowest BCUT2D eigenvalue weighted by atomic mass is 10.4. The summed E-state index contributed by atoms with van der Waals surface area (Å²) in [6.07, 6.45) is -3.08. The second kappa shape index (κ2) is 4.69. The van der Waals surface area contributed by atoms with E-state index in [9.17, 15) is 13.2 Å². The van der Waals surface area contributed by atoms with E-state index in [-0.39, 0.29) is 5.88 Å². The van der Waals surface area contributed by atoms with E-state index in [4.69, 9.17) is 0 Å². The first-order valence-corrected chi connectivity index (χ1v) is 3.39. The van der Waals surface area contributed by atoms with Crippen molar-refractivity contribution < 1.29 is 17.9 Å². The Hall–Kier alpha value is -1.26. The van der Waals surface area contributed by atoms with Crippen LogP contribution in [0.15, 0.2) is 29.6 Å². The number of aliphatic imine (C=N–C) groups is 1. The Labute approximate surface area is 74.4 Å². The highest BCUT2D eigenvalue weighted by Crippen LogP contribution is 2.16. The summed E-state index contributed by atoms with van der Waals surface area (Å²) >= 11 is 0. The Morgan fingerprint density at radius 1 is 1.46 bits per heavy atom. The first kappa shape index (κ1) is 11.7. The fraction of sp³-hybridized carbons (Fsp3) is 0.375. The van der Waals surface area contributed by atoms with E-state index < -0.39 is 12.8 Å². The van der Waals surface area contributed by atoms with Gasteiger partial charge in [0.25, 0.3) is 0 Å². The van der Waals surface area contributed by atoms with Gasteiger partial charge in [0, 0.05) is 6.21 Å². The minimum absolute atomic E-state index is 0.277. The third kappa shape index (κ3) is 8.65. The van der Waals surface area contributed by atoms with Crippen LogP contribution in [0.5, 0.6) is 0 Å². The fourth-order valence-corrected chi connectivity index (χ4v) is 0.385. The van der Waals surface area contributed by atoms with Crippen molar-refractivity contribution in [3.05, 3.63) is 24.6 Å². The maximum absolute atomic E-state index is 11.6. The fourth-order valence-electron chi connectivity index (χ4n) is 0.385. The molecule has 0 spiro atoms. The number of hydrogen-bond donors (Lipinski definition) is 0. The van der Waals surface area contributed by atoms with Gasteiger partial charge in [-0.15, -0.1) is 0 Å². The van der Waals surface area contributed by atoms with E-state index in [0.717, 1.165) is 0 Å². The van der Waals surface area contributed by atoms with Gasteiger partial charge in [-0.3, -0.25) is 0 Å². The molecule has 0 saturated heterocycles. The molecule has 0 N–H and O–H groups in total. The topological polar surface area (TPSA) is 21.6 Å². The van der Waals surface area contributed by atoms with Crippen molar-refractivity contribution >= 4 is 6.21 Å². The minimum atomic E-state index is -4.36. The van der Waals surface area contributed by atoms with Crippen molar-refractivity contribution in [2.75, 3.05) is 6.61 Å². The molecular weight excluding hydrogens is 183 g/mol. The molecular formula is C8H10F3NO. The van der Waals surface area contributed by atoms with Crippen molar-refractivity contribution in [2.45, 2.75) is 13.1 Å². The Morgan fingerprint density at radius 3 is 2.38 bits per heavy atom. The average molecular weight is 193 g/mol. The molecule has 2 nitrogen and oxygen atoms in total. The molecule has 13 heavy (non-hydrogen) atoms. The van der Waals surface area contributed by atoms with Crippen LogP contribution in [0.4, 0.5) is 13.2 Å². The summed E-state index contributed by atoms with van der Waals surface area (Å²) in [7, 11) is 0. The molecule has 0 rings (SSSR count). The number of nitrogens with zero attached hydrogens (tertiary/aromatic N) is 1. The SMILES string of the molecule is C=C(C)/C=N\C(=C)OCC(F)(F)F. The Kier molecular flexibility index (Phi) is 4.23. The van der Waals surface area contributed by atoms with Crippen LogP contribution in [0.2, 0.25) is 0 Å². The van der Waals surface area contributed by atoms with Gasteiger partial charge in [-0.1, -0.05) is 6.58 Å². The van der Waals surface area contributed by atoms with Crippen LogP contribution >= 0.6 is 0 Å². The molecule has 0 bridgehead atoms. The second-order valence-electron chi connectivity index (χ2n) is 2.40. The largest absolute Gasteiger partial charge is 0.468 e. The van der Waals surface area contributed by atoms with Gasteiger partial charge in [0.15, 0.2) is 6.61 Å². The lowest BCUT2D eigenvalue weighted by molar-refractivity contribution is -0.164. The highest BCUT2D eigenvalue weighted by molar-refractivity contribution is 5.77. The molecule has 0 aromatic heterocycles. The highest BCUT2D eigenvalue weighted by Gasteiger charge is 2.28. The Bertz CT molecular complexity index is 230. The van der Waals surface area contributed by atoms with Crippen molar-refractivity contribution in [3.63, 3.8) is 0 Å². The Balaban J connectivity index is 3.83. The molecule has 0 aromatic carbocycles. The average Bonchev–Trinajstić information content (AvgIpc) is 1.95. The molecule has 5 heteroatoms. The van der Waals surface area contributed by atoms with Gasteiger partial charge in [-0.2, -0.15) is 13.2 Å². The predicted molar refractivity (Wildman–Crippen MR) is 44.5 cm³/mol. The van der Waals surface area contributed by atoms with Gasteiger partial charge in [0.1, 0.15) is 0 Å². The quantitative estimate of drug-likeness (QED) is 0.497. The summed E-state index contributed by atoms with van der Waals surface area (Å²) in [4.78, 5) is 3.49. The lowest BCUT2D eigenvalue weighted by Gasteiger charge is -2.07. The minimum Gasteiger partial charge on any atom is -0.468 e. The summed E-state index contributed by atoms with van der Waals surface area (Å²) < 4.78 is 38.9. The normalized spacial score (nSPS) is 11.7. The number of halogens is 3. The van der Waals surface area contributed by atoms with E-state index in [1.165, 1.54) is 6.21 Å². The lowest BCUT2D eigenvalue weighted by Crippen LogP contribution is -2.16. The zero-order valence-corrected chi connectivity index (χ0v) is 7.19. The van der Waals surface area contributed by atoms with E-state index in [1.807, 2.05) is 0 Å².